The maximum absolute atomic E-state index is 6.03. The average molecular weight is 319 g/mol. The van der Waals surface area contributed by atoms with E-state index in [0.717, 1.165) is 35.9 Å². The summed E-state index contributed by atoms with van der Waals surface area (Å²) in [6, 6.07) is 18.3. The molecule has 1 aliphatic heterocycles. The van der Waals surface area contributed by atoms with Crippen LogP contribution in [0.1, 0.15) is 29.6 Å². The number of aromatic nitrogens is 3. The first-order valence-electron chi connectivity index (χ1n) is 8.30. The van der Waals surface area contributed by atoms with Crippen molar-refractivity contribution in [2.45, 2.75) is 24.8 Å². The van der Waals surface area contributed by atoms with Gasteiger partial charge in [0.05, 0.1) is 0 Å². The van der Waals surface area contributed by atoms with E-state index in [2.05, 4.69) is 24.3 Å². The normalized spacial score (nSPS) is 19.9. The Balaban J connectivity index is 1.69. The summed E-state index contributed by atoms with van der Waals surface area (Å²) in [5, 5.41) is 4.73. The number of hydrogen-bond donors (Lipinski definition) is 2. The van der Waals surface area contributed by atoms with E-state index in [9.17, 15) is 0 Å². The largest absolute Gasteiger partial charge is 0.399 e. The van der Waals surface area contributed by atoms with Gasteiger partial charge in [-0.25, -0.2) is 9.67 Å². The Kier molecular flexibility index (Phi) is 3.78. The molecule has 0 spiro atoms. The van der Waals surface area contributed by atoms with Gasteiger partial charge in [0.15, 0.2) is 5.82 Å². The zero-order valence-electron chi connectivity index (χ0n) is 13.5. The van der Waals surface area contributed by atoms with E-state index in [1.54, 1.807) is 0 Å². The maximum atomic E-state index is 6.03. The van der Waals surface area contributed by atoms with Crippen molar-refractivity contribution in [1.29, 1.82) is 0 Å². The summed E-state index contributed by atoms with van der Waals surface area (Å²) in [6.07, 6.45) is 1.01. The average Bonchev–Trinajstić information content (AvgIpc) is 3.06. The highest BCUT2D eigenvalue weighted by Crippen LogP contribution is 2.35. The van der Waals surface area contributed by atoms with Gasteiger partial charge >= 0.3 is 0 Å². The molecule has 24 heavy (non-hydrogen) atoms. The molecule has 2 heterocycles. The minimum atomic E-state index is 0.235. The summed E-state index contributed by atoms with van der Waals surface area (Å²) >= 11 is 0. The highest BCUT2D eigenvalue weighted by molar-refractivity contribution is 5.58. The van der Waals surface area contributed by atoms with Crippen LogP contribution in [0, 0.1) is 0 Å². The fourth-order valence-corrected chi connectivity index (χ4v) is 3.45. The van der Waals surface area contributed by atoms with Crippen LogP contribution in [0.3, 0.4) is 0 Å². The topological polar surface area (TPSA) is 82.8 Å². The van der Waals surface area contributed by atoms with Crippen molar-refractivity contribution in [3.8, 4) is 11.4 Å². The molecule has 0 amide bonds. The molecule has 0 fully saturated rings. The maximum Gasteiger partial charge on any atom is 0.181 e. The second-order valence-corrected chi connectivity index (χ2v) is 6.37. The van der Waals surface area contributed by atoms with Gasteiger partial charge in [-0.2, -0.15) is 5.10 Å². The molecule has 0 radical (unpaired) electrons. The molecule has 122 valence electrons. The van der Waals surface area contributed by atoms with Crippen LogP contribution in [0.5, 0.6) is 0 Å². The molecule has 5 nitrogen and oxygen atoms in total. The van der Waals surface area contributed by atoms with E-state index in [1.807, 2.05) is 35.0 Å². The molecule has 0 aliphatic carbocycles. The van der Waals surface area contributed by atoms with Gasteiger partial charge in [-0.15, -0.1) is 0 Å². The first kappa shape index (κ1) is 14.9. The third-order valence-corrected chi connectivity index (χ3v) is 4.75. The lowest BCUT2D eigenvalue weighted by Crippen LogP contribution is -2.28. The van der Waals surface area contributed by atoms with Crippen LogP contribution in [-0.2, 0) is 6.54 Å². The lowest BCUT2D eigenvalue weighted by molar-refractivity contribution is 0.372. The van der Waals surface area contributed by atoms with Crippen molar-refractivity contribution in [1.82, 2.24) is 14.8 Å². The number of nitrogen functional groups attached to an aromatic ring is 1. The monoisotopic (exact) mass is 319 g/mol. The molecule has 0 saturated carbocycles. The van der Waals surface area contributed by atoms with E-state index in [0.29, 0.717) is 12.5 Å². The lowest BCUT2D eigenvalue weighted by atomic mass is 9.85. The molecule has 0 saturated heterocycles. The standard InChI is InChI=1S/C19H21N5/c20-11-15-10-16(13-4-2-1-3-5-13)12-24-19(15)22-18(23-24)14-6-8-17(21)9-7-14/h1-9,15-16H,10-12,20-21H2. The number of anilines is 1. The van der Waals surface area contributed by atoms with E-state index in [1.165, 1.54) is 5.56 Å². The minimum absolute atomic E-state index is 0.235. The number of nitrogens with zero attached hydrogens (tertiary/aromatic N) is 3. The second-order valence-electron chi connectivity index (χ2n) is 6.37. The first-order valence-corrected chi connectivity index (χ1v) is 8.30. The van der Waals surface area contributed by atoms with Gasteiger partial charge in [0.25, 0.3) is 0 Å². The Morgan fingerprint density at radius 3 is 2.50 bits per heavy atom. The van der Waals surface area contributed by atoms with Crippen molar-refractivity contribution >= 4 is 5.69 Å². The summed E-state index contributed by atoms with van der Waals surface area (Å²) in [5.74, 6) is 2.40. The SMILES string of the molecule is NCC1CC(c2ccccc2)Cn2nc(-c3ccc(N)cc3)nc21. The lowest BCUT2D eigenvalue weighted by Gasteiger charge is -2.28. The van der Waals surface area contributed by atoms with Crippen LogP contribution >= 0.6 is 0 Å². The van der Waals surface area contributed by atoms with E-state index in [4.69, 9.17) is 21.5 Å². The van der Waals surface area contributed by atoms with Gasteiger partial charge in [0.1, 0.15) is 5.82 Å². The van der Waals surface area contributed by atoms with Crippen LogP contribution in [-0.4, -0.2) is 21.3 Å². The molecular formula is C19H21N5. The van der Waals surface area contributed by atoms with Gasteiger partial charge in [-0.3, -0.25) is 0 Å². The van der Waals surface area contributed by atoms with Gasteiger partial charge in [0.2, 0.25) is 0 Å². The van der Waals surface area contributed by atoms with Crippen LogP contribution in [0.2, 0.25) is 0 Å². The third kappa shape index (κ3) is 2.67. The summed E-state index contributed by atoms with van der Waals surface area (Å²) in [5.41, 5.74) is 14.9. The third-order valence-electron chi connectivity index (χ3n) is 4.75. The van der Waals surface area contributed by atoms with E-state index in [-0.39, 0.29) is 5.92 Å². The summed E-state index contributed by atoms with van der Waals surface area (Å²) in [6.45, 7) is 1.43. The number of fused-ring (bicyclic) bond motifs is 1. The molecular weight excluding hydrogens is 298 g/mol. The number of hydrogen-bond acceptors (Lipinski definition) is 4. The molecule has 4 rings (SSSR count). The number of nitrogens with two attached hydrogens (primary N) is 2. The molecule has 2 aromatic carbocycles. The fraction of sp³-hybridized carbons (Fsp3) is 0.263. The predicted molar refractivity (Wildman–Crippen MR) is 95.5 cm³/mol. The smallest absolute Gasteiger partial charge is 0.181 e. The Morgan fingerprint density at radius 1 is 1.04 bits per heavy atom. The van der Waals surface area contributed by atoms with Crippen LogP contribution in [0.15, 0.2) is 54.6 Å². The zero-order chi connectivity index (χ0) is 16.5. The fourth-order valence-electron chi connectivity index (χ4n) is 3.45. The second kappa shape index (κ2) is 6.09. The van der Waals surface area contributed by atoms with Crippen LogP contribution in [0.25, 0.3) is 11.4 Å². The molecule has 2 unspecified atom stereocenters. The van der Waals surface area contributed by atoms with E-state index >= 15 is 0 Å². The Morgan fingerprint density at radius 2 is 1.79 bits per heavy atom. The van der Waals surface area contributed by atoms with Crippen molar-refractivity contribution in [3.05, 3.63) is 66.0 Å². The summed E-state index contributed by atoms with van der Waals surface area (Å²) in [4.78, 5) is 4.76. The summed E-state index contributed by atoms with van der Waals surface area (Å²) in [7, 11) is 0. The first-order chi connectivity index (χ1) is 11.7. The zero-order valence-corrected chi connectivity index (χ0v) is 13.5. The molecule has 4 N–H and O–H groups in total. The van der Waals surface area contributed by atoms with Gasteiger partial charge < -0.3 is 11.5 Å². The van der Waals surface area contributed by atoms with E-state index < -0.39 is 0 Å². The highest BCUT2D eigenvalue weighted by atomic mass is 15.4. The van der Waals surface area contributed by atoms with Crippen LogP contribution in [0.4, 0.5) is 5.69 Å². The van der Waals surface area contributed by atoms with Crippen molar-refractivity contribution in [2.24, 2.45) is 5.73 Å². The molecule has 1 aromatic heterocycles. The van der Waals surface area contributed by atoms with Gasteiger partial charge in [-0.05, 0) is 36.2 Å². The Labute approximate surface area is 141 Å². The molecule has 3 aromatic rings. The predicted octanol–water partition coefficient (Wildman–Crippen LogP) is 2.76. The molecule has 0 bridgehead atoms. The van der Waals surface area contributed by atoms with Crippen LogP contribution < -0.4 is 11.5 Å². The number of benzene rings is 2. The van der Waals surface area contributed by atoms with Gasteiger partial charge in [0, 0.05) is 36.2 Å². The van der Waals surface area contributed by atoms with Crippen molar-refractivity contribution in [3.63, 3.8) is 0 Å². The minimum Gasteiger partial charge on any atom is -0.399 e. The van der Waals surface area contributed by atoms with Gasteiger partial charge in [-0.1, -0.05) is 30.3 Å². The number of rotatable bonds is 3. The quantitative estimate of drug-likeness (QED) is 0.727. The Bertz CT molecular complexity index is 823. The molecule has 2 atom stereocenters. The Hall–Kier alpha value is -2.66. The molecule has 5 heteroatoms. The van der Waals surface area contributed by atoms with Crippen molar-refractivity contribution in [2.75, 3.05) is 12.3 Å². The highest BCUT2D eigenvalue weighted by Gasteiger charge is 2.30. The summed E-state index contributed by atoms with van der Waals surface area (Å²) < 4.78 is 2.03. The van der Waals surface area contributed by atoms with Crippen molar-refractivity contribution < 1.29 is 0 Å². The molecule has 1 aliphatic rings.